The highest BCUT2D eigenvalue weighted by Gasteiger charge is 2.46. The van der Waals surface area contributed by atoms with Crippen molar-refractivity contribution >= 4 is 11.7 Å². The van der Waals surface area contributed by atoms with Crippen molar-refractivity contribution < 1.29 is 14.3 Å². The first-order valence-electron chi connectivity index (χ1n) is 12.9. The largest absolute Gasteiger partial charge is 0.497 e. The van der Waals surface area contributed by atoms with E-state index in [1.165, 1.54) is 5.56 Å². The Bertz CT molecular complexity index is 1230. The SMILES string of the molecule is COc1ccc(Cc2nc3c(c(N4CCOCC4)n2)CN(C(=O)C2CC2c2ccccc2)CC3)cc1. The third-order valence-electron chi connectivity index (χ3n) is 7.56. The van der Waals surface area contributed by atoms with Gasteiger partial charge in [-0.25, -0.2) is 9.97 Å². The van der Waals surface area contributed by atoms with Gasteiger partial charge < -0.3 is 19.3 Å². The number of hydrogen-bond donors (Lipinski definition) is 0. The van der Waals surface area contributed by atoms with Crippen LogP contribution in [-0.4, -0.2) is 60.7 Å². The summed E-state index contributed by atoms with van der Waals surface area (Å²) in [6, 6.07) is 18.5. The zero-order valence-electron chi connectivity index (χ0n) is 20.7. The molecular formula is C29H32N4O3. The number of carbonyl (C=O) groups is 1. The Kier molecular flexibility index (Phi) is 6.32. The summed E-state index contributed by atoms with van der Waals surface area (Å²) >= 11 is 0. The third-order valence-corrected chi connectivity index (χ3v) is 7.56. The number of hydrogen-bond acceptors (Lipinski definition) is 6. The minimum atomic E-state index is 0.0936. The van der Waals surface area contributed by atoms with Gasteiger partial charge in [-0.05, 0) is 35.6 Å². The zero-order chi connectivity index (χ0) is 24.5. The van der Waals surface area contributed by atoms with E-state index in [0.717, 1.165) is 60.1 Å². The highest BCUT2D eigenvalue weighted by Crippen LogP contribution is 2.48. The highest BCUT2D eigenvalue weighted by molar-refractivity contribution is 5.83. The van der Waals surface area contributed by atoms with Gasteiger partial charge >= 0.3 is 0 Å². The van der Waals surface area contributed by atoms with Crippen LogP contribution in [0.25, 0.3) is 0 Å². The number of amides is 1. The van der Waals surface area contributed by atoms with Crippen LogP contribution in [-0.2, 0) is 28.9 Å². The van der Waals surface area contributed by atoms with Gasteiger partial charge in [0, 0.05) is 44.0 Å². The quantitative estimate of drug-likeness (QED) is 0.533. The molecule has 36 heavy (non-hydrogen) atoms. The topological polar surface area (TPSA) is 67.8 Å². The summed E-state index contributed by atoms with van der Waals surface area (Å²) in [7, 11) is 1.68. The average Bonchev–Trinajstić information content (AvgIpc) is 3.74. The van der Waals surface area contributed by atoms with Gasteiger partial charge in [0.15, 0.2) is 0 Å². The maximum absolute atomic E-state index is 13.4. The van der Waals surface area contributed by atoms with Crippen LogP contribution in [0.15, 0.2) is 54.6 Å². The van der Waals surface area contributed by atoms with E-state index in [9.17, 15) is 4.79 Å². The molecule has 3 aromatic rings. The first-order chi connectivity index (χ1) is 17.7. The Balaban J connectivity index is 1.24. The van der Waals surface area contributed by atoms with Gasteiger partial charge in [-0.3, -0.25) is 4.79 Å². The minimum absolute atomic E-state index is 0.0936. The molecule has 186 valence electrons. The fraction of sp³-hybridized carbons (Fsp3) is 0.414. The first kappa shape index (κ1) is 23.0. The molecule has 3 heterocycles. The number of rotatable bonds is 6. The molecule has 1 saturated carbocycles. The number of aromatic nitrogens is 2. The van der Waals surface area contributed by atoms with E-state index >= 15 is 0 Å². The fourth-order valence-electron chi connectivity index (χ4n) is 5.45. The number of ether oxygens (including phenoxy) is 2. The van der Waals surface area contributed by atoms with Crippen molar-refractivity contribution in [1.29, 1.82) is 0 Å². The number of fused-ring (bicyclic) bond motifs is 1. The predicted molar refractivity (Wildman–Crippen MR) is 137 cm³/mol. The van der Waals surface area contributed by atoms with E-state index in [1.807, 2.05) is 23.1 Å². The summed E-state index contributed by atoms with van der Waals surface area (Å²) in [6.07, 6.45) is 2.37. The standard InChI is InChI=1S/C29H32N4O3/c1-35-22-9-7-20(8-10-22)17-27-30-26-11-12-33(19-25(26)28(31-27)32-13-15-36-16-14-32)29(34)24-18-23(24)21-5-3-2-4-6-21/h2-10,23-24H,11-19H2,1H3. The van der Waals surface area contributed by atoms with Gasteiger partial charge in [0.2, 0.25) is 5.91 Å². The molecule has 3 aliphatic rings. The summed E-state index contributed by atoms with van der Waals surface area (Å²) in [5.74, 6) is 3.35. The molecule has 7 nitrogen and oxygen atoms in total. The van der Waals surface area contributed by atoms with Gasteiger partial charge in [0.1, 0.15) is 17.4 Å². The maximum Gasteiger partial charge on any atom is 0.226 e. The van der Waals surface area contributed by atoms with Crippen molar-refractivity contribution in [3.63, 3.8) is 0 Å². The van der Waals surface area contributed by atoms with E-state index in [-0.39, 0.29) is 11.8 Å². The summed E-state index contributed by atoms with van der Waals surface area (Å²) in [5, 5.41) is 0. The van der Waals surface area contributed by atoms with Crippen LogP contribution in [0.3, 0.4) is 0 Å². The van der Waals surface area contributed by atoms with E-state index in [1.54, 1.807) is 7.11 Å². The lowest BCUT2D eigenvalue weighted by atomic mass is 10.0. The van der Waals surface area contributed by atoms with E-state index in [2.05, 4.69) is 41.3 Å². The summed E-state index contributed by atoms with van der Waals surface area (Å²) < 4.78 is 10.9. The zero-order valence-corrected chi connectivity index (χ0v) is 20.7. The van der Waals surface area contributed by atoms with Gasteiger partial charge in [-0.1, -0.05) is 42.5 Å². The molecule has 2 aromatic carbocycles. The van der Waals surface area contributed by atoms with Crippen molar-refractivity contribution in [1.82, 2.24) is 14.9 Å². The molecule has 0 N–H and O–H groups in total. The van der Waals surface area contributed by atoms with Gasteiger partial charge in [-0.15, -0.1) is 0 Å². The number of benzene rings is 2. The molecule has 2 atom stereocenters. The monoisotopic (exact) mass is 484 g/mol. The summed E-state index contributed by atoms with van der Waals surface area (Å²) in [4.78, 5) is 27.8. The van der Waals surface area contributed by atoms with Crippen molar-refractivity contribution in [2.24, 2.45) is 5.92 Å². The average molecular weight is 485 g/mol. The molecule has 1 saturated heterocycles. The molecule has 0 spiro atoms. The number of nitrogens with zero attached hydrogens (tertiary/aromatic N) is 4. The molecule has 0 bridgehead atoms. The molecule has 2 aliphatic heterocycles. The van der Waals surface area contributed by atoms with Crippen LogP contribution in [0, 0.1) is 5.92 Å². The Morgan fingerprint density at radius 2 is 1.81 bits per heavy atom. The Morgan fingerprint density at radius 3 is 2.56 bits per heavy atom. The lowest BCUT2D eigenvalue weighted by Crippen LogP contribution is -2.41. The van der Waals surface area contributed by atoms with Crippen molar-refractivity contribution in [2.75, 3.05) is 44.9 Å². The van der Waals surface area contributed by atoms with Crippen LogP contribution in [0.4, 0.5) is 5.82 Å². The molecule has 1 aliphatic carbocycles. The molecule has 6 rings (SSSR count). The molecule has 7 heteroatoms. The lowest BCUT2D eigenvalue weighted by Gasteiger charge is -2.34. The minimum Gasteiger partial charge on any atom is -0.497 e. The summed E-state index contributed by atoms with van der Waals surface area (Å²) in [5.41, 5.74) is 4.60. The van der Waals surface area contributed by atoms with Gasteiger partial charge in [-0.2, -0.15) is 0 Å². The smallest absolute Gasteiger partial charge is 0.226 e. The maximum atomic E-state index is 13.4. The number of carbonyl (C=O) groups excluding carboxylic acids is 1. The Morgan fingerprint density at radius 1 is 1.03 bits per heavy atom. The second-order valence-corrected chi connectivity index (χ2v) is 9.88. The van der Waals surface area contributed by atoms with Crippen LogP contribution in [0.5, 0.6) is 5.75 Å². The third kappa shape index (κ3) is 4.67. The van der Waals surface area contributed by atoms with Gasteiger partial charge in [0.25, 0.3) is 0 Å². The van der Waals surface area contributed by atoms with Crippen LogP contribution in [0.1, 0.15) is 40.5 Å². The van der Waals surface area contributed by atoms with E-state index < -0.39 is 0 Å². The molecule has 1 amide bonds. The van der Waals surface area contributed by atoms with Crippen molar-refractivity contribution in [2.45, 2.75) is 31.7 Å². The fourth-order valence-corrected chi connectivity index (χ4v) is 5.45. The van der Waals surface area contributed by atoms with Crippen molar-refractivity contribution in [3.8, 4) is 5.75 Å². The summed E-state index contributed by atoms with van der Waals surface area (Å²) in [6.45, 7) is 4.29. The second-order valence-electron chi connectivity index (χ2n) is 9.88. The first-order valence-corrected chi connectivity index (χ1v) is 12.9. The molecular weight excluding hydrogens is 452 g/mol. The number of morpholine rings is 1. The Labute approximate surface area is 212 Å². The van der Waals surface area contributed by atoms with Gasteiger partial charge in [0.05, 0.1) is 32.6 Å². The molecule has 2 unspecified atom stereocenters. The van der Waals surface area contributed by atoms with Crippen molar-refractivity contribution in [3.05, 3.63) is 82.8 Å². The number of anilines is 1. The van der Waals surface area contributed by atoms with E-state index in [4.69, 9.17) is 19.4 Å². The highest BCUT2D eigenvalue weighted by atomic mass is 16.5. The number of methoxy groups -OCH3 is 1. The van der Waals surface area contributed by atoms with Crippen LogP contribution in [0.2, 0.25) is 0 Å². The molecule has 1 aromatic heterocycles. The molecule has 2 fully saturated rings. The lowest BCUT2D eigenvalue weighted by molar-refractivity contribution is -0.133. The van der Waals surface area contributed by atoms with Crippen LogP contribution >= 0.6 is 0 Å². The van der Waals surface area contributed by atoms with E-state index in [0.29, 0.717) is 38.6 Å². The van der Waals surface area contributed by atoms with Crippen LogP contribution < -0.4 is 9.64 Å². The second kappa shape index (κ2) is 9.90. The molecule has 0 radical (unpaired) electrons. The predicted octanol–water partition coefficient (Wildman–Crippen LogP) is 3.60. The Hall–Kier alpha value is -3.45. The normalized spacial score (nSPS) is 21.1.